The van der Waals surface area contributed by atoms with E-state index in [1.807, 2.05) is 5.48 Å². The van der Waals surface area contributed by atoms with Crippen molar-refractivity contribution >= 4 is 0 Å². The summed E-state index contributed by atoms with van der Waals surface area (Å²) in [6.07, 6.45) is -8.88. The van der Waals surface area contributed by atoms with Gasteiger partial charge in [-0.1, -0.05) is 12.1 Å². The maximum Gasteiger partial charge on any atom is 0.416 e. The number of hydrogen-bond acceptors (Lipinski definition) is 2. The normalized spacial score (nSPS) is 12.8. The fourth-order valence-electron chi connectivity index (χ4n) is 1.08. The van der Waals surface area contributed by atoms with E-state index in [0.29, 0.717) is 5.56 Å². The van der Waals surface area contributed by atoms with Crippen molar-refractivity contribution in [2.24, 2.45) is 0 Å². The number of halogens is 6. The lowest BCUT2D eigenvalue weighted by Crippen LogP contribution is -2.24. The SMILES string of the molecule is FC(F)(F)CONCc1ccc(C(F)(F)F)cc1. The molecule has 0 aliphatic carbocycles. The van der Waals surface area contributed by atoms with E-state index in [1.54, 1.807) is 0 Å². The Morgan fingerprint density at radius 3 is 1.94 bits per heavy atom. The van der Waals surface area contributed by atoms with Gasteiger partial charge in [0.15, 0.2) is 6.61 Å². The maximum absolute atomic E-state index is 12.2. The number of hydrogen-bond donors (Lipinski definition) is 1. The van der Waals surface area contributed by atoms with Gasteiger partial charge in [-0.2, -0.15) is 31.8 Å². The van der Waals surface area contributed by atoms with E-state index in [1.165, 1.54) is 0 Å². The van der Waals surface area contributed by atoms with Crippen molar-refractivity contribution in [2.75, 3.05) is 6.61 Å². The summed E-state index contributed by atoms with van der Waals surface area (Å²) in [4.78, 5) is 4.10. The molecule has 0 saturated heterocycles. The minimum absolute atomic E-state index is 0.117. The molecule has 0 aromatic heterocycles. The summed E-state index contributed by atoms with van der Waals surface area (Å²) in [7, 11) is 0. The molecule has 0 bridgehead atoms. The van der Waals surface area contributed by atoms with Gasteiger partial charge < -0.3 is 0 Å². The standard InChI is InChI=1S/C10H9F6NO/c11-9(12,13)6-18-17-5-7-1-3-8(4-2-7)10(14,15)16/h1-4,17H,5-6H2. The Kier molecular flexibility index (Phi) is 4.58. The molecule has 0 fully saturated rings. The molecule has 1 aromatic carbocycles. The van der Waals surface area contributed by atoms with Crippen LogP contribution in [0.3, 0.4) is 0 Å². The number of nitrogens with one attached hydrogen (secondary N) is 1. The van der Waals surface area contributed by atoms with Crippen LogP contribution in [0.2, 0.25) is 0 Å². The first-order chi connectivity index (χ1) is 8.18. The Morgan fingerprint density at radius 1 is 0.944 bits per heavy atom. The molecule has 1 aromatic rings. The third-order valence-corrected chi connectivity index (χ3v) is 1.90. The smallest absolute Gasteiger partial charge is 0.292 e. The van der Waals surface area contributed by atoms with Crippen LogP contribution >= 0.6 is 0 Å². The second kappa shape index (κ2) is 5.57. The van der Waals surface area contributed by atoms with E-state index < -0.39 is 24.5 Å². The first-order valence-corrected chi connectivity index (χ1v) is 4.76. The Hall–Kier alpha value is -1.28. The molecule has 0 unspecified atom stereocenters. The van der Waals surface area contributed by atoms with Crippen LogP contribution in [0.15, 0.2) is 24.3 Å². The second-order valence-electron chi connectivity index (χ2n) is 3.42. The molecule has 0 heterocycles. The molecular weight excluding hydrogens is 264 g/mol. The monoisotopic (exact) mass is 273 g/mol. The highest BCUT2D eigenvalue weighted by Crippen LogP contribution is 2.29. The van der Waals surface area contributed by atoms with Crippen molar-refractivity contribution in [1.29, 1.82) is 0 Å². The number of rotatable bonds is 4. The molecule has 1 N–H and O–H groups in total. The lowest BCUT2D eigenvalue weighted by molar-refractivity contribution is -0.190. The third kappa shape index (κ3) is 5.37. The number of benzene rings is 1. The van der Waals surface area contributed by atoms with Crippen LogP contribution in [0, 0.1) is 0 Å². The van der Waals surface area contributed by atoms with Crippen molar-refractivity contribution in [3.63, 3.8) is 0 Å². The molecule has 0 spiro atoms. The second-order valence-corrected chi connectivity index (χ2v) is 3.42. The van der Waals surface area contributed by atoms with Gasteiger partial charge in [-0.15, -0.1) is 0 Å². The van der Waals surface area contributed by atoms with E-state index in [0.717, 1.165) is 24.3 Å². The molecule has 0 amide bonds. The van der Waals surface area contributed by atoms with E-state index >= 15 is 0 Å². The summed E-state index contributed by atoms with van der Waals surface area (Å²) in [5.74, 6) is 0. The topological polar surface area (TPSA) is 21.3 Å². The minimum atomic E-state index is -4.45. The van der Waals surface area contributed by atoms with E-state index in [-0.39, 0.29) is 6.54 Å². The average molecular weight is 273 g/mol. The summed E-state index contributed by atoms with van der Waals surface area (Å²) in [6, 6.07) is 4.01. The minimum Gasteiger partial charge on any atom is -0.292 e. The lowest BCUT2D eigenvalue weighted by atomic mass is 10.1. The molecule has 0 atom stereocenters. The molecule has 1 rings (SSSR count). The van der Waals surface area contributed by atoms with E-state index in [9.17, 15) is 26.3 Å². The first kappa shape index (κ1) is 14.8. The van der Waals surface area contributed by atoms with Crippen LogP contribution in [-0.2, 0) is 17.6 Å². The Morgan fingerprint density at radius 2 is 1.50 bits per heavy atom. The van der Waals surface area contributed by atoms with Crippen molar-refractivity contribution in [3.8, 4) is 0 Å². The lowest BCUT2D eigenvalue weighted by Gasteiger charge is -2.10. The van der Waals surface area contributed by atoms with Gasteiger partial charge in [0.1, 0.15) is 0 Å². The number of hydroxylamine groups is 1. The molecule has 2 nitrogen and oxygen atoms in total. The zero-order valence-corrected chi connectivity index (χ0v) is 8.90. The van der Waals surface area contributed by atoms with Gasteiger partial charge >= 0.3 is 12.4 Å². The van der Waals surface area contributed by atoms with Gasteiger partial charge in [-0.25, -0.2) is 0 Å². The molecule has 0 aliphatic rings. The molecule has 0 saturated carbocycles. The van der Waals surface area contributed by atoms with E-state index in [4.69, 9.17) is 0 Å². The van der Waals surface area contributed by atoms with Gasteiger partial charge in [0, 0.05) is 6.54 Å². The van der Waals surface area contributed by atoms with Gasteiger partial charge in [-0.05, 0) is 17.7 Å². The predicted molar refractivity (Wildman–Crippen MR) is 50.3 cm³/mol. The average Bonchev–Trinajstić information content (AvgIpc) is 2.22. The van der Waals surface area contributed by atoms with Gasteiger partial charge in [0.25, 0.3) is 0 Å². The zero-order valence-electron chi connectivity index (χ0n) is 8.90. The highest BCUT2D eigenvalue weighted by atomic mass is 19.4. The Bertz CT molecular complexity index is 369. The maximum atomic E-state index is 12.2. The summed E-state index contributed by atoms with van der Waals surface area (Å²) in [6.45, 7) is -1.58. The Labute approximate surface area is 98.5 Å². The molecule has 8 heteroatoms. The van der Waals surface area contributed by atoms with Crippen molar-refractivity contribution in [2.45, 2.75) is 18.9 Å². The van der Waals surface area contributed by atoms with Gasteiger partial charge in [0.05, 0.1) is 5.56 Å². The van der Waals surface area contributed by atoms with Crippen LogP contribution in [0.25, 0.3) is 0 Å². The quantitative estimate of drug-likeness (QED) is 0.516. The van der Waals surface area contributed by atoms with Gasteiger partial charge in [0.2, 0.25) is 0 Å². The van der Waals surface area contributed by atoms with Crippen LogP contribution in [-0.4, -0.2) is 12.8 Å². The fraction of sp³-hybridized carbons (Fsp3) is 0.400. The summed E-state index contributed by atoms with van der Waals surface area (Å²) in [5, 5.41) is 0. The highest BCUT2D eigenvalue weighted by molar-refractivity contribution is 5.24. The van der Waals surface area contributed by atoms with E-state index in [2.05, 4.69) is 4.84 Å². The molecule has 0 radical (unpaired) electrons. The Balaban J connectivity index is 2.41. The number of alkyl halides is 6. The van der Waals surface area contributed by atoms with Crippen molar-refractivity contribution < 1.29 is 31.2 Å². The van der Waals surface area contributed by atoms with Crippen LogP contribution < -0.4 is 5.48 Å². The fourth-order valence-corrected chi connectivity index (χ4v) is 1.08. The molecule has 102 valence electrons. The zero-order chi connectivity index (χ0) is 13.8. The highest BCUT2D eigenvalue weighted by Gasteiger charge is 2.30. The molecular formula is C10H9F6NO. The van der Waals surface area contributed by atoms with Crippen molar-refractivity contribution in [1.82, 2.24) is 5.48 Å². The van der Waals surface area contributed by atoms with Crippen LogP contribution in [0.4, 0.5) is 26.3 Å². The van der Waals surface area contributed by atoms with Crippen LogP contribution in [0.1, 0.15) is 11.1 Å². The summed E-state index contributed by atoms with van der Waals surface area (Å²) < 4.78 is 71.6. The summed E-state index contributed by atoms with van der Waals surface area (Å²) >= 11 is 0. The van der Waals surface area contributed by atoms with Crippen LogP contribution in [0.5, 0.6) is 0 Å². The largest absolute Gasteiger partial charge is 0.416 e. The van der Waals surface area contributed by atoms with Crippen molar-refractivity contribution in [3.05, 3.63) is 35.4 Å². The third-order valence-electron chi connectivity index (χ3n) is 1.90. The van der Waals surface area contributed by atoms with Gasteiger partial charge in [-0.3, -0.25) is 4.84 Å². The first-order valence-electron chi connectivity index (χ1n) is 4.76. The predicted octanol–water partition coefficient (Wildman–Crippen LogP) is 3.29. The molecule has 18 heavy (non-hydrogen) atoms. The summed E-state index contributed by atoms with van der Waals surface area (Å²) in [5.41, 5.74) is 1.58. The molecule has 0 aliphatic heterocycles.